The van der Waals surface area contributed by atoms with Gasteiger partial charge in [-0.15, -0.1) is 0 Å². The normalized spacial score (nSPS) is 11.6. The van der Waals surface area contributed by atoms with Gasteiger partial charge in [-0.25, -0.2) is 5.43 Å². The zero-order valence-corrected chi connectivity index (χ0v) is 18.1. The van der Waals surface area contributed by atoms with Crippen LogP contribution < -0.4 is 19.6 Å². The second kappa shape index (κ2) is 11.3. The van der Waals surface area contributed by atoms with Crippen LogP contribution in [-0.4, -0.2) is 30.3 Å². The Labute approximate surface area is 190 Å². The molecule has 0 spiro atoms. The Hall–Kier alpha value is -4.40. The number of carbonyl (C=O) groups is 1. The van der Waals surface area contributed by atoms with Gasteiger partial charge in [-0.2, -0.15) is 5.10 Å². The van der Waals surface area contributed by atoms with Gasteiger partial charge in [0, 0.05) is 12.1 Å². The molecule has 0 bridgehead atoms. The van der Waals surface area contributed by atoms with E-state index in [1.165, 1.54) is 30.5 Å². The second-order valence-corrected chi connectivity index (χ2v) is 6.93. The molecule has 1 atom stereocenters. The molecule has 9 heteroatoms. The Bertz CT molecular complexity index is 1120. The van der Waals surface area contributed by atoms with Gasteiger partial charge in [0.15, 0.2) is 17.6 Å². The van der Waals surface area contributed by atoms with Gasteiger partial charge in [0.25, 0.3) is 11.6 Å². The average Bonchev–Trinajstić information content (AvgIpc) is 2.83. The maximum atomic E-state index is 12.2. The lowest BCUT2D eigenvalue weighted by atomic mass is 10.2. The fourth-order valence-electron chi connectivity index (χ4n) is 2.78. The van der Waals surface area contributed by atoms with E-state index in [1.807, 2.05) is 30.3 Å². The topological polar surface area (TPSA) is 112 Å². The van der Waals surface area contributed by atoms with Crippen LogP contribution in [0, 0.1) is 10.1 Å². The van der Waals surface area contributed by atoms with Gasteiger partial charge in [0.1, 0.15) is 12.4 Å². The van der Waals surface area contributed by atoms with Crippen molar-refractivity contribution in [3.8, 4) is 17.2 Å². The van der Waals surface area contributed by atoms with Crippen molar-refractivity contribution in [1.29, 1.82) is 0 Å². The Kier molecular flexibility index (Phi) is 7.96. The predicted molar refractivity (Wildman–Crippen MR) is 123 cm³/mol. The van der Waals surface area contributed by atoms with Gasteiger partial charge >= 0.3 is 0 Å². The van der Waals surface area contributed by atoms with Gasteiger partial charge < -0.3 is 14.2 Å². The zero-order valence-electron chi connectivity index (χ0n) is 18.1. The van der Waals surface area contributed by atoms with Crippen molar-refractivity contribution < 1.29 is 23.9 Å². The predicted octanol–water partition coefficient (Wildman–Crippen LogP) is 4.10. The number of ether oxygens (including phenoxy) is 3. The fraction of sp³-hybridized carbons (Fsp3) is 0.167. The van der Waals surface area contributed by atoms with E-state index in [2.05, 4.69) is 10.5 Å². The quantitative estimate of drug-likeness (QED) is 0.283. The summed E-state index contributed by atoms with van der Waals surface area (Å²) in [5.74, 6) is 0.992. The number of hydrogen-bond acceptors (Lipinski definition) is 7. The molecule has 0 aromatic heterocycles. The molecule has 1 unspecified atom stereocenters. The first-order chi connectivity index (χ1) is 16.0. The third-order valence-corrected chi connectivity index (χ3v) is 4.54. The number of hydrazone groups is 1. The number of amides is 1. The molecule has 0 saturated carbocycles. The molecule has 0 radical (unpaired) electrons. The lowest BCUT2D eigenvalue weighted by molar-refractivity contribution is -0.384. The highest BCUT2D eigenvalue weighted by atomic mass is 16.6. The van der Waals surface area contributed by atoms with Crippen LogP contribution in [0.25, 0.3) is 0 Å². The van der Waals surface area contributed by atoms with Gasteiger partial charge in [-0.05, 0) is 48.4 Å². The largest absolute Gasteiger partial charge is 0.493 e. The molecule has 33 heavy (non-hydrogen) atoms. The van der Waals surface area contributed by atoms with Crippen LogP contribution in [0.5, 0.6) is 17.2 Å². The summed E-state index contributed by atoms with van der Waals surface area (Å²) in [7, 11) is 1.55. The Morgan fingerprint density at radius 1 is 1.09 bits per heavy atom. The Balaban J connectivity index is 1.54. The number of methoxy groups -OCH3 is 1. The number of rotatable bonds is 10. The minimum Gasteiger partial charge on any atom is -0.493 e. The summed E-state index contributed by atoms with van der Waals surface area (Å²) < 4.78 is 16.7. The number of carbonyl (C=O) groups excluding carboxylic acids is 1. The second-order valence-electron chi connectivity index (χ2n) is 6.93. The number of non-ortho nitro benzene ring substituents is 1. The molecule has 3 rings (SSSR count). The molecule has 170 valence electrons. The smallest absolute Gasteiger partial charge is 0.280 e. The standard InChI is InChI=1S/C24H23N3O6/c1-17(33-21-11-9-20(10-12-21)27(29)30)24(28)26-25-15-19-8-13-22(23(14-19)31-2)32-16-18-6-4-3-5-7-18/h3-15,17H,16H2,1-2H3,(H,26,28). The average molecular weight is 449 g/mol. The van der Waals surface area contributed by atoms with Gasteiger partial charge in [0.05, 0.1) is 18.2 Å². The van der Waals surface area contributed by atoms with Crippen LogP contribution in [0.4, 0.5) is 5.69 Å². The van der Waals surface area contributed by atoms with E-state index in [0.717, 1.165) is 5.56 Å². The molecular weight excluding hydrogens is 426 g/mol. The van der Waals surface area contributed by atoms with E-state index < -0.39 is 16.9 Å². The number of nitro groups is 1. The summed E-state index contributed by atoms with van der Waals surface area (Å²) in [6.45, 7) is 1.96. The molecule has 1 N–H and O–H groups in total. The Morgan fingerprint density at radius 2 is 1.82 bits per heavy atom. The SMILES string of the molecule is COc1cc(C=NNC(=O)C(C)Oc2ccc([N+](=O)[O-])cc2)ccc1OCc1ccccc1. The summed E-state index contributed by atoms with van der Waals surface area (Å²) in [6, 6.07) is 20.6. The maximum absolute atomic E-state index is 12.2. The van der Waals surface area contributed by atoms with Crippen LogP contribution in [0.15, 0.2) is 77.9 Å². The highest BCUT2D eigenvalue weighted by Gasteiger charge is 2.15. The fourth-order valence-corrected chi connectivity index (χ4v) is 2.78. The first-order valence-corrected chi connectivity index (χ1v) is 10.0. The number of nitro benzene ring substituents is 1. The zero-order chi connectivity index (χ0) is 23.6. The Morgan fingerprint density at radius 3 is 2.48 bits per heavy atom. The molecule has 0 aliphatic carbocycles. The van der Waals surface area contributed by atoms with E-state index in [1.54, 1.807) is 32.2 Å². The van der Waals surface area contributed by atoms with Gasteiger partial charge in [-0.1, -0.05) is 30.3 Å². The molecule has 0 heterocycles. The number of nitrogens with zero attached hydrogens (tertiary/aromatic N) is 2. The van der Waals surface area contributed by atoms with Crippen LogP contribution in [-0.2, 0) is 11.4 Å². The van der Waals surface area contributed by atoms with Crippen molar-refractivity contribution in [2.45, 2.75) is 19.6 Å². The molecule has 3 aromatic carbocycles. The lowest BCUT2D eigenvalue weighted by Crippen LogP contribution is -2.33. The van der Waals surface area contributed by atoms with E-state index in [9.17, 15) is 14.9 Å². The highest BCUT2D eigenvalue weighted by molar-refractivity contribution is 5.84. The first kappa shape index (κ1) is 23.3. The number of nitrogens with one attached hydrogen (secondary N) is 1. The molecule has 3 aromatic rings. The van der Waals surface area contributed by atoms with Gasteiger partial charge in [0.2, 0.25) is 0 Å². The highest BCUT2D eigenvalue weighted by Crippen LogP contribution is 2.28. The van der Waals surface area contributed by atoms with Crippen molar-refractivity contribution in [3.05, 3.63) is 94.0 Å². The summed E-state index contributed by atoms with van der Waals surface area (Å²) >= 11 is 0. The summed E-state index contributed by atoms with van der Waals surface area (Å²) in [4.78, 5) is 22.4. The van der Waals surface area contributed by atoms with Crippen LogP contribution >= 0.6 is 0 Å². The molecule has 9 nitrogen and oxygen atoms in total. The third kappa shape index (κ3) is 6.79. The summed E-state index contributed by atoms with van der Waals surface area (Å²) in [6.07, 6.45) is 0.617. The summed E-state index contributed by atoms with van der Waals surface area (Å²) in [5.41, 5.74) is 4.08. The van der Waals surface area contributed by atoms with Crippen molar-refractivity contribution in [2.75, 3.05) is 7.11 Å². The van der Waals surface area contributed by atoms with Crippen molar-refractivity contribution in [3.63, 3.8) is 0 Å². The molecule has 1 amide bonds. The number of hydrogen-bond donors (Lipinski definition) is 1. The maximum Gasteiger partial charge on any atom is 0.280 e. The monoisotopic (exact) mass is 449 g/mol. The van der Waals surface area contributed by atoms with E-state index in [0.29, 0.717) is 29.4 Å². The van der Waals surface area contributed by atoms with Crippen molar-refractivity contribution in [2.24, 2.45) is 5.10 Å². The minimum absolute atomic E-state index is 0.0593. The molecule has 0 fully saturated rings. The minimum atomic E-state index is -0.855. The van der Waals surface area contributed by atoms with Crippen molar-refractivity contribution in [1.82, 2.24) is 5.43 Å². The molecule has 0 aliphatic heterocycles. The van der Waals surface area contributed by atoms with E-state index >= 15 is 0 Å². The third-order valence-electron chi connectivity index (χ3n) is 4.54. The summed E-state index contributed by atoms with van der Waals surface area (Å²) in [5, 5.41) is 14.6. The first-order valence-electron chi connectivity index (χ1n) is 10.0. The molecule has 0 saturated heterocycles. The van der Waals surface area contributed by atoms with Crippen LogP contribution in [0.1, 0.15) is 18.1 Å². The lowest BCUT2D eigenvalue weighted by Gasteiger charge is -2.13. The van der Waals surface area contributed by atoms with Crippen LogP contribution in [0.2, 0.25) is 0 Å². The van der Waals surface area contributed by atoms with E-state index in [4.69, 9.17) is 14.2 Å². The van der Waals surface area contributed by atoms with E-state index in [-0.39, 0.29) is 5.69 Å². The van der Waals surface area contributed by atoms with Crippen molar-refractivity contribution >= 4 is 17.8 Å². The van der Waals surface area contributed by atoms with Gasteiger partial charge in [-0.3, -0.25) is 14.9 Å². The molecule has 0 aliphatic rings. The molecular formula is C24H23N3O6. The van der Waals surface area contributed by atoms with Crippen LogP contribution in [0.3, 0.4) is 0 Å². The number of benzene rings is 3.